The van der Waals surface area contributed by atoms with E-state index >= 15 is 0 Å². The lowest BCUT2D eigenvalue weighted by Gasteiger charge is -2.32. The van der Waals surface area contributed by atoms with Gasteiger partial charge in [-0.05, 0) is 48.9 Å². The molecule has 4 heterocycles. The van der Waals surface area contributed by atoms with E-state index in [-0.39, 0.29) is 11.9 Å². The molecule has 1 fully saturated rings. The van der Waals surface area contributed by atoms with Gasteiger partial charge in [-0.1, -0.05) is 6.07 Å². The Hall–Kier alpha value is -3.29. The minimum absolute atomic E-state index is 0.0840. The van der Waals surface area contributed by atoms with Crippen molar-refractivity contribution >= 4 is 16.7 Å². The van der Waals surface area contributed by atoms with Crippen LogP contribution in [0.2, 0.25) is 0 Å². The number of pyridine rings is 2. The number of nitrogens with zero attached hydrogens (tertiary/aromatic N) is 4. The lowest BCUT2D eigenvalue weighted by atomic mass is 10.1. The van der Waals surface area contributed by atoms with Crippen LogP contribution in [0.15, 0.2) is 61.1 Å². The molecule has 2 N–H and O–H groups in total. The predicted octanol–water partition coefficient (Wildman–Crippen LogP) is 4.41. The fraction of sp³-hybridized carbons (Fsp3) is 0.280. The van der Waals surface area contributed by atoms with Gasteiger partial charge >= 0.3 is 0 Å². The first-order valence-electron chi connectivity index (χ1n) is 10.9. The third kappa shape index (κ3) is 4.09. The molecule has 0 amide bonds. The van der Waals surface area contributed by atoms with E-state index in [0.29, 0.717) is 12.4 Å². The monoisotopic (exact) mass is 431 g/mol. The van der Waals surface area contributed by atoms with Crippen molar-refractivity contribution in [2.24, 2.45) is 0 Å². The van der Waals surface area contributed by atoms with Gasteiger partial charge in [0.05, 0.1) is 17.8 Å². The van der Waals surface area contributed by atoms with Gasteiger partial charge in [0.15, 0.2) is 0 Å². The number of anilines is 1. The van der Waals surface area contributed by atoms with E-state index in [1.807, 2.05) is 30.5 Å². The van der Waals surface area contributed by atoms with E-state index in [2.05, 4.69) is 32.6 Å². The van der Waals surface area contributed by atoms with Crippen LogP contribution in [0.1, 0.15) is 24.3 Å². The predicted molar refractivity (Wildman–Crippen MR) is 123 cm³/mol. The minimum atomic E-state index is -0.201. The molecule has 7 heteroatoms. The number of benzene rings is 1. The summed E-state index contributed by atoms with van der Waals surface area (Å²) in [6, 6.07) is 12.8. The lowest BCUT2D eigenvalue weighted by molar-refractivity contribution is -0.0348. The van der Waals surface area contributed by atoms with Gasteiger partial charge in [0.1, 0.15) is 17.7 Å². The Morgan fingerprint density at radius 2 is 1.91 bits per heavy atom. The Morgan fingerprint density at radius 1 is 1.09 bits per heavy atom. The number of hydrogen-bond acceptors (Lipinski definition) is 5. The van der Waals surface area contributed by atoms with E-state index in [0.717, 1.165) is 53.9 Å². The number of nitrogens with two attached hydrogens (primary N) is 1. The van der Waals surface area contributed by atoms with E-state index in [4.69, 9.17) is 10.5 Å². The second-order valence-electron chi connectivity index (χ2n) is 8.14. The van der Waals surface area contributed by atoms with Gasteiger partial charge in [-0.15, -0.1) is 0 Å². The van der Waals surface area contributed by atoms with Crippen molar-refractivity contribution in [1.82, 2.24) is 19.4 Å². The first-order chi connectivity index (χ1) is 15.6. The summed E-state index contributed by atoms with van der Waals surface area (Å²) in [6.45, 7) is 5.95. The molecule has 0 radical (unpaired) electrons. The van der Waals surface area contributed by atoms with Crippen molar-refractivity contribution in [2.75, 3.05) is 25.4 Å². The normalized spacial score (nSPS) is 17.1. The van der Waals surface area contributed by atoms with Gasteiger partial charge in [0.2, 0.25) is 0 Å². The lowest BCUT2D eigenvalue weighted by Crippen LogP contribution is -2.38. The number of fused-ring (bicyclic) bond motifs is 1. The highest BCUT2D eigenvalue weighted by Gasteiger charge is 2.24. The highest BCUT2D eigenvalue weighted by atomic mass is 19.1. The number of aromatic nitrogens is 3. The van der Waals surface area contributed by atoms with Crippen LogP contribution >= 0.6 is 0 Å². The molecule has 164 valence electrons. The summed E-state index contributed by atoms with van der Waals surface area (Å²) in [5.74, 6) is 0.300. The molecule has 3 aromatic heterocycles. The number of morpholine rings is 1. The molecular weight excluding hydrogens is 405 g/mol. The first kappa shape index (κ1) is 20.6. The molecule has 4 aromatic rings. The van der Waals surface area contributed by atoms with E-state index in [1.165, 1.54) is 11.6 Å². The number of rotatable bonds is 5. The van der Waals surface area contributed by atoms with Gasteiger partial charge < -0.3 is 15.0 Å². The van der Waals surface area contributed by atoms with Gasteiger partial charge in [0.25, 0.3) is 0 Å². The molecule has 1 aliphatic rings. The maximum absolute atomic E-state index is 13.8. The van der Waals surface area contributed by atoms with Crippen LogP contribution in [0.5, 0.6) is 0 Å². The number of nitrogen functional groups attached to an aromatic ring is 1. The van der Waals surface area contributed by atoms with Crippen molar-refractivity contribution in [3.8, 4) is 11.1 Å². The number of aryl methyl sites for hydroxylation is 1. The Morgan fingerprint density at radius 3 is 2.62 bits per heavy atom. The third-order valence-corrected chi connectivity index (χ3v) is 6.05. The number of halogens is 1. The average molecular weight is 432 g/mol. The molecule has 6 nitrogen and oxygen atoms in total. The van der Waals surface area contributed by atoms with Gasteiger partial charge in [-0.3, -0.25) is 9.88 Å². The quantitative estimate of drug-likeness (QED) is 0.507. The van der Waals surface area contributed by atoms with Gasteiger partial charge in [0, 0.05) is 61.3 Å². The van der Waals surface area contributed by atoms with Crippen LogP contribution < -0.4 is 5.73 Å². The van der Waals surface area contributed by atoms with Crippen molar-refractivity contribution in [2.45, 2.75) is 26.1 Å². The average Bonchev–Trinajstić information content (AvgIpc) is 3.16. The first-order valence-corrected chi connectivity index (χ1v) is 10.9. The Balaban J connectivity index is 1.32. The molecule has 5 rings (SSSR count). The van der Waals surface area contributed by atoms with Crippen LogP contribution in [0.25, 0.3) is 22.0 Å². The highest BCUT2D eigenvalue weighted by molar-refractivity contribution is 5.84. The molecule has 1 atom stereocenters. The largest absolute Gasteiger partial charge is 0.384 e. The number of hydrogen-bond donors (Lipinski definition) is 1. The molecule has 0 unspecified atom stereocenters. The molecule has 0 bridgehead atoms. The summed E-state index contributed by atoms with van der Waals surface area (Å²) in [5.41, 5.74) is 10.7. The summed E-state index contributed by atoms with van der Waals surface area (Å²) in [4.78, 5) is 11.2. The van der Waals surface area contributed by atoms with Crippen molar-refractivity contribution in [3.05, 3.63) is 78.1 Å². The fourth-order valence-electron chi connectivity index (χ4n) is 4.34. The summed E-state index contributed by atoms with van der Waals surface area (Å²) in [5, 5.41) is 1.11. The van der Waals surface area contributed by atoms with Crippen molar-refractivity contribution < 1.29 is 9.13 Å². The van der Waals surface area contributed by atoms with Crippen molar-refractivity contribution in [3.63, 3.8) is 0 Å². The fourth-order valence-corrected chi connectivity index (χ4v) is 4.34. The van der Waals surface area contributed by atoms with E-state index in [1.54, 1.807) is 18.3 Å². The van der Waals surface area contributed by atoms with Crippen LogP contribution in [-0.4, -0.2) is 39.1 Å². The minimum Gasteiger partial charge on any atom is -0.384 e. The summed E-state index contributed by atoms with van der Waals surface area (Å²) >= 11 is 0. The van der Waals surface area contributed by atoms with E-state index < -0.39 is 0 Å². The van der Waals surface area contributed by atoms with Gasteiger partial charge in [-0.2, -0.15) is 0 Å². The standard InChI is InChI=1S/C25H26FN5O/c1-2-31-15-19(21-6-5-20(26)11-23(21)31)14-30-9-10-32-24(16-30)22-7-3-17(12-28-22)18-4-8-25(27)29-13-18/h3-8,11-13,15,24H,2,9-10,14,16H2,1H3,(H2,27,29)/t24-/m0/s1. The molecule has 1 saturated heterocycles. The van der Waals surface area contributed by atoms with Crippen LogP contribution in [0.4, 0.5) is 10.2 Å². The second kappa shape index (κ2) is 8.68. The molecule has 1 aromatic carbocycles. The Kier molecular flexibility index (Phi) is 5.59. The highest BCUT2D eigenvalue weighted by Crippen LogP contribution is 2.28. The SMILES string of the molecule is CCn1cc(CN2CCO[C@H](c3ccc(-c4ccc(N)nc4)cn3)C2)c2ccc(F)cc21. The molecular formula is C25H26FN5O. The Labute approximate surface area is 186 Å². The molecule has 0 spiro atoms. The molecule has 32 heavy (non-hydrogen) atoms. The summed E-state index contributed by atoms with van der Waals surface area (Å²) in [7, 11) is 0. The van der Waals surface area contributed by atoms with Gasteiger partial charge in [-0.25, -0.2) is 9.37 Å². The summed E-state index contributed by atoms with van der Waals surface area (Å²) in [6.07, 6.45) is 5.67. The molecule has 0 saturated carbocycles. The smallest absolute Gasteiger partial charge is 0.125 e. The molecule has 0 aliphatic carbocycles. The van der Waals surface area contributed by atoms with Crippen molar-refractivity contribution in [1.29, 1.82) is 0 Å². The van der Waals surface area contributed by atoms with Crippen LogP contribution in [0, 0.1) is 5.82 Å². The van der Waals surface area contributed by atoms with Crippen LogP contribution in [0.3, 0.4) is 0 Å². The zero-order valence-corrected chi connectivity index (χ0v) is 18.0. The Bertz CT molecular complexity index is 1220. The molecule has 1 aliphatic heterocycles. The van der Waals surface area contributed by atoms with Crippen LogP contribution in [-0.2, 0) is 17.8 Å². The summed E-state index contributed by atoms with van der Waals surface area (Å²) < 4.78 is 21.9. The van der Waals surface area contributed by atoms with E-state index in [9.17, 15) is 4.39 Å². The number of ether oxygens (including phenoxy) is 1. The maximum Gasteiger partial charge on any atom is 0.125 e. The maximum atomic E-state index is 13.8. The third-order valence-electron chi connectivity index (χ3n) is 6.05. The zero-order chi connectivity index (χ0) is 22.1. The zero-order valence-electron chi connectivity index (χ0n) is 18.0. The topological polar surface area (TPSA) is 69.2 Å². The second-order valence-corrected chi connectivity index (χ2v) is 8.14.